The number of fused-ring (bicyclic) bond motifs is 1. The van der Waals surface area contributed by atoms with Crippen molar-refractivity contribution in [2.45, 2.75) is 24.4 Å². The maximum Gasteiger partial charge on any atom is 0.253 e. The Morgan fingerprint density at radius 3 is 2.83 bits per heavy atom. The predicted molar refractivity (Wildman–Crippen MR) is 117 cm³/mol. The second-order valence-electron chi connectivity index (χ2n) is 6.85. The van der Waals surface area contributed by atoms with Gasteiger partial charge in [-0.1, -0.05) is 17.7 Å². The molecule has 0 aliphatic carbocycles. The number of hydrogen-bond donors (Lipinski definition) is 0. The van der Waals surface area contributed by atoms with E-state index in [0.29, 0.717) is 29.5 Å². The fourth-order valence-electron chi connectivity index (χ4n) is 3.33. The molecule has 152 valence electrons. The van der Waals surface area contributed by atoms with Crippen LogP contribution in [0.15, 0.2) is 52.7 Å². The number of carbonyl (C=O) groups is 1. The van der Waals surface area contributed by atoms with Crippen LogP contribution in [-0.4, -0.2) is 37.1 Å². The normalized spacial score (nSPS) is 14.6. The van der Waals surface area contributed by atoms with Crippen molar-refractivity contribution in [3.8, 4) is 0 Å². The van der Waals surface area contributed by atoms with Crippen LogP contribution in [0, 0.1) is 0 Å². The van der Waals surface area contributed by atoms with Gasteiger partial charge in [0.25, 0.3) is 5.91 Å². The lowest BCUT2D eigenvalue weighted by Gasteiger charge is -2.26. The molecule has 2 aromatic heterocycles. The summed E-state index contributed by atoms with van der Waals surface area (Å²) >= 11 is 9.04. The SMILES string of the molecule is CN(Cc1ccc(Cl)s1)C(=O)c1cccc(S(=O)(=O)N2CCc3sccc3C2)c1. The van der Waals surface area contributed by atoms with Gasteiger partial charge >= 0.3 is 0 Å². The molecular weight excluding hydrogens is 448 g/mol. The molecule has 0 atom stereocenters. The zero-order valence-corrected chi connectivity index (χ0v) is 18.9. The molecule has 0 fully saturated rings. The van der Waals surface area contributed by atoms with Crippen molar-refractivity contribution in [1.82, 2.24) is 9.21 Å². The molecule has 0 unspecified atom stereocenters. The smallest absolute Gasteiger partial charge is 0.253 e. The largest absolute Gasteiger partial charge is 0.337 e. The van der Waals surface area contributed by atoms with Crippen LogP contribution in [-0.2, 0) is 29.5 Å². The molecule has 0 N–H and O–H groups in total. The molecule has 9 heteroatoms. The van der Waals surface area contributed by atoms with E-state index in [1.165, 1.54) is 26.6 Å². The second kappa shape index (κ2) is 8.20. The van der Waals surface area contributed by atoms with E-state index in [4.69, 9.17) is 11.6 Å². The lowest BCUT2D eigenvalue weighted by atomic mass is 10.1. The van der Waals surface area contributed by atoms with Gasteiger partial charge in [-0.2, -0.15) is 4.31 Å². The molecule has 29 heavy (non-hydrogen) atoms. The molecule has 3 heterocycles. The Morgan fingerprint density at radius 2 is 2.07 bits per heavy atom. The number of sulfonamides is 1. The average molecular weight is 467 g/mol. The molecule has 0 spiro atoms. The molecule has 0 saturated heterocycles. The van der Waals surface area contributed by atoms with E-state index in [1.54, 1.807) is 47.5 Å². The van der Waals surface area contributed by atoms with Gasteiger partial charge in [-0.15, -0.1) is 22.7 Å². The first-order valence-electron chi connectivity index (χ1n) is 9.00. The quantitative estimate of drug-likeness (QED) is 0.557. The minimum atomic E-state index is -3.67. The Labute approximate surface area is 183 Å². The molecule has 5 nitrogen and oxygen atoms in total. The summed E-state index contributed by atoms with van der Waals surface area (Å²) < 4.78 is 28.5. The summed E-state index contributed by atoms with van der Waals surface area (Å²) in [7, 11) is -1.97. The molecule has 0 radical (unpaired) electrons. The molecule has 1 amide bonds. The van der Waals surface area contributed by atoms with Crippen molar-refractivity contribution in [3.05, 3.63) is 73.1 Å². The zero-order valence-electron chi connectivity index (χ0n) is 15.7. The number of rotatable bonds is 5. The molecule has 1 aliphatic heterocycles. The minimum absolute atomic E-state index is 0.148. The average Bonchev–Trinajstić information content (AvgIpc) is 3.35. The predicted octanol–water partition coefficient (Wildman–Crippen LogP) is 4.48. The molecule has 4 rings (SSSR count). The van der Waals surface area contributed by atoms with Crippen LogP contribution in [0.5, 0.6) is 0 Å². The van der Waals surface area contributed by atoms with Crippen LogP contribution < -0.4 is 0 Å². The first kappa shape index (κ1) is 20.6. The highest BCUT2D eigenvalue weighted by atomic mass is 35.5. The number of hydrogen-bond acceptors (Lipinski definition) is 5. The number of benzene rings is 1. The maximum atomic E-state index is 13.1. The van der Waals surface area contributed by atoms with Crippen LogP contribution in [0.2, 0.25) is 4.34 Å². The number of nitrogens with zero attached hydrogens (tertiary/aromatic N) is 2. The highest BCUT2D eigenvalue weighted by Gasteiger charge is 2.29. The summed E-state index contributed by atoms with van der Waals surface area (Å²) in [4.78, 5) is 16.8. The van der Waals surface area contributed by atoms with Gasteiger partial charge in [0, 0.05) is 35.5 Å². The van der Waals surface area contributed by atoms with Crippen molar-refractivity contribution in [3.63, 3.8) is 0 Å². The van der Waals surface area contributed by atoms with E-state index < -0.39 is 10.0 Å². The molecule has 0 saturated carbocycles. The zero-order chi connectivity index (χ0) is 20.6. The summed E-state index contributed by atoms with van der Waals surface area (Å²) in [6.45, 7) is 1.24. The van der Waals surface area contributed by atoms with Crippen molar-refractivity contribution in [2.24, 2.45) is 0 Å². The fourth-order valence-corrected chi connectivity index (χ4v) is 6.83. The number of amides is 1. The third kappa shape index (κ3) is 4.27. The van der Waals surface area contributed by atoms with Gasteiger partial charge in [0.2, 0.25) is 10.0 Å². The van der Waals surface area contributed by atoms with Gasteiger partial charge in [0.05, 0.1) is 15.8 Å². The van der Waals surface area contributed by atoms with Crippen LogP contribution in [0.4, 0.5) is 0 Å². The summed E-state index contributed by atoms with van der Waals surface area (Å²) in [6, 6.07) is 11.9. The van der Waals surface area contributed by atoms with Crippen molar-refractivity contribution in [2.75, 3.05) is 13.6 Å². The van der Waals surface area contributed by atoms with E-state index in [1.807, 2.05) is 17.5 Å². The van der Waals surface area contributed by atoms with Crippen molar-refractivity contribution in [1.29, 1.82) is 0 Å². The van der Waals surface area contributed by atoms with Crippen molar-refractivity contribution >= 4 is 50.2 Å². The maximum absolute atomic E-state index is 13.1. The van der Waals surface area contributed by atoms with Crippen molar-refractivity contribution < 1.29 is 13.2 Å². The van der Waals surface area contributed by atoms with Gasteiger partial charge < -0.3 is 4.90 Å². The second-order valence-corrected chi connectivity index (χ2v) is 11.6. The van der Waals surface area contributed by atoms with Crippen LogP contribution >= 0.6 is 34.3 Å². The Morgan fingerprint density at radius 1 is 1.24 bits per heavy atom. The minimum Gasteiger partial charge on any atom is -0.337 e. The molecule has 1 aromatic carbocycles. The fraction of sp³-hybridized carbons (Fsp3) is 0.250. The number of carbonyl (C=O) groups excluding carboxylic acids is 1. The van der Waals surface area contributed by atoms with Gasteiger partial charge in [0.1, 0.15) is 0 Å². The standard InChI is InChI=1S/C20H19ClN2O3S3/c1-22(13-16-5-6-19(21)28-16)20(24)14-3-2-4-17(11-14)29(25,26)23-9-7-18-15(12-23)8-10-27-18/h2-6,8,10-11H,7,9,12-13H2,1H3. The Balaban J connectivity index is 1.54. The first-order chi connectivity index (χ1) is 13.8. The highest BCUT2D eigenvalue weighted by molar-refractivity contribution is 7.89. The van der Waals surface area contributed by atoms with E-state index in [-0.39, 0.29) is 10.8 Å². The third-order valence-electron chi connectivity index (χ3n) is 4.86. The number of thiophene rings is 2. The summed E-state index contributed by atoms with van der Waals surface area (Å²) in [5.74, 6) is -0.231. The lowest BCUT2D eigenvalue weighted by Crippen LogP contribution is -2.35. The molecular formula is C20H19ClN2O3S3. The van der Waals surface area contributed by atoms with E-state index in [9.17, 15) is 13.2 Å². The van der Waals surface area contributed by atoms with E-state index >= 15 is 0 Å². The van der Waals surface area contributed by atoms with Crippen LogP contribution in [0.1, 0.15) is 25.7 Å². The number of halogens is 1. The molecule has 3 aromatic rings. The van der Waals surface area contributed by atoms with E-state index in [2.05, 4.69) is 0 Å². The highest BCUT2D eigenvalue weighted by Crippen LogP contribution is 2.29. The third-order valence-corrected chi connectivity index (χ3v) is 8.94. The summed E-state index contributed by atoms with van der Waals surface area (Å²) in [6.07, 6.45) is 0.719. The Kier molecular flexibility index (Phi) is 5.81. The molecule has 1 aliphatic rings. The topological polar surface area (TPSA) is 57.7 Å². The lowest BCUT2D eigenvalue weighted by molar-refractivity contribution is 0.0786. The van der Waals surface area contributed by atoms with Crippen LogP contribution in [0.25, 0.3) is 0 Å². The van der Waals surface area contributed by atoms with Gasteiger partial charge in [0.15, 0.2) is 0 Å². The molecule has 0 bridgehead atoms. The van der Waals surface area contributed by atoms with Gasteiger partial charge in [-0.3, -0.25) is 4.79 Å². The van der Waals surface area contributed by atoms with Gasteiger partial charge in [-0.05, 0) is 53.8 Å². The Hall–Kier alpha value is -1.71. The monoisotopic (exact) mass is 466 g/mol. The summed E-state index contributed by atoms with van der Waals surface area (Å²) in [5, 5.41) is 2.00. The van der Waals surface area contributed by atoms with Gasteiger partial charge in [-0.25, -0.2) is 8.42 Å². The summed E-state index contributed by atoms with van der Waals surface area (Å²) in [5.41, 5.74) is 1.41. The van der Waals surface area contributed by atoms with Crippen LogP contribution in [0.3, 0.4) is 0 Å². The first-order valence-corrected chi connectivity index (χ1v) is 12.5. The van der Waals surface area contributed by atoms with E-state index in [0.717, 1.165) is 16.9 Å². The Bertz CT molecular complexity index is 1150.